The molecule has 174 valence electrons. The van der Waals surface area contributed by atoms with Crippen LogP contribution < -0.4 is 5.56 Å². The van der Waals surface area contributed by atoms with Crippen molar-refractivity contribution in [2.24, 2.45) is 5.92 Å². The molecule has 3 aromatic carbocycles. The number of benzene rings is 3. The summed E-state index contributed by atoms with van der Waals surface area (Å²) < 4.78 is 16.0. The molecule has 0 bridgehead atoms. The van der Waals surface area contributed by atoms with Crippen LogP contribution in [-0.4, -0.2) is 26.9 Å². The van der Waals surface area contributed by atoms with Crippen LogP contribution in [0.5, 0.6) is 0 Å². The van der Waals surface area contributed by atoms with E-state index >= 15 is 0 Å². The lowest BCUT2D eigenvalue weighted by Crippen LogP contribution is -2.39. The highest BCUT2D eigenvalue weighted by Gasteiger charge is 2.28. The molecule has 4 rings (SSSR count). The molecule has 0 spiro atoms. The predicted octanol–water partition coefficient (Wildman–Crippen LogP) is 6.15. The van der Waals surface area contributed by atoms with Gasteiger partial charge >= 0.3 is 0 Å². The van der Waals surface area contributed by atoms with Crippen molar-refractivity contribution < 1.29 is 9.18 Å². The first-order chi connectivity index (χ1) is 16.3. The monoisotopic (exact) mass is 521 g/mol. The Kier molecular flexibility index (Phi) is 6.93. The Balaban J connectivity index is 1.90. The van der Waals surface area contributed by atoms with Crippen molar-refractivity contribution in [3.63, 3.8) is 0 Å². The summed E-state index contributed by atoms with van der Waals surface area (Å²) in [6, 6.07) is 19.5. The molecular formula is C27H25BrFN3O2. The highest BCUT2D eigenvalue weighted by Crippen LogP contribution is 2.26. The number of hydrogen-bond acceptors (Lipinski definition) is 3. The lowest BCUT2D eigenvalue weighted by molar-refractivity contribution is 0.0655. The number of para-hydroxylation sites is 1. The fourth-order valence-electron chi connectivity index (χ4n) is 3.98. The second-order valence-electron chi connectivity index (χ2n) is 8.64. The van der Waals surface area contributed by atoms with Gasteiger partial charge in [0.1, 0.15) is 11.6 Å². The summed E-state index contributed by atoms with van der Waals surface area (Å²) in [7, 11) is 0. The summed E-state index contributed by atoms with van der Waals surface area (Å²) in [5, 5.41) is 0.456. The smallest absolute Gasteiger partial charge is 0.266 e. The summed E-state index contributed by atoms with van der Waals surface area (Å²) in [6.45, 7) is 6.42. The van der Waals surface area contributed by atoms with E-state index in [0.717, 1.165) is 4.47 Å². The molecule has 5 nitrogen and oxygen atoms in total. The molecule has 0 fully saturated rings. The quantitative estimate of drug-likeness (QED) is 0.306. The average Bonchev–Trinajstić information content (AvgIpc) is 2.83. The third-order valence-corrected chi connectivity index (χ3v) is 6.17. The summed E-state index contributed by atoms with van der Waals surface area (Å²) in [6.07, 6.45) is 0. The molecule has 1 amide bonds. The van der Waals surface area contributed by atoms with Crippen molar-refractivity contribution in [1.82, 2.24) is 14.5 Å². The van der Waals surface area contributed by atoms with Gasteiger partial charge in [0.25, 0.3) is 11.5 Å². The van der Waals surface area contributed by atoms with E-state index < -0.39 is 11.9 Å². The topological polar surface area (TPSA) is 55.2 Å². The summed E-state index contributed by atoms with van der Waals surface area (Å²) >= 11 is 3.41. The lowest BCUT2D eigenvalue weighted by Gasteiger charge is -2.32. The third-order valence-electron chi connectivity index (χ3n) is 5.64. The first kappa shape index (κ1) is 23.8. The van der Waals surface area contributed by atoms with Gasteiger partial charge in [-0.25, -0.2) is 9.37 Å². The molecule has 4 aromatic rings. The van der Waals surface area contributed by atoms with E-state index in [-0.39, 0.29) is 17.4 Å². The number of carbonyl (C=O) groups excluding carboxylic acids is 1. The van der Waals surface area contributed by atoms with E-state index in [0.29, 0.717) is 34.5 Å². The average molecular weight is 522 g/mol. The molecular weight excluding hydrogens is 497 g/mol. The lowest BCUT2D eigenvalue weighted by atomic mass is 10.1. The van der Waals surface area contributed by atoms with E-state index in [1.807, 2.05) is 39.0 Å². The Morgan fingerprint density at radius 1 is 1.00 bits per heavy atom. The van der Waals surface area contributed by atoms with E-state index in [1.54, 1.807) is 47.4 Å². The number of nitrogens with zero attached hydrogens (tertiary/aromatic N) is 3. The number of rotatable bonds is 6. The van der Waals surface area contributed by atoms with Gasteiger partial charge in [0.15, 0.2) is 0 Å². The molecule has 0 aliphatic carbocycles. The van der Waals surface area contributed by atoms with E-state index in [1.165, 1.54) is 16.7 Å². The SMILES string of the molecule is CC(C)CN(C(=O)c1ccc(Br)cc1)C(C)c1nc2ccccc2c(=O)n1-c1ccc(F)cc1. The second-order valence-corrected chi connectivity index (χ2v) is 9.55. The van der Waals surface area contributed by atoms with Gasteiger partial charge in [-0.1, -0.05) is 41.9 Å². The van der Waals surface area contributed by atoms with Crippen molar-refractivity contribution in [3.05, 3.63) is 105 Å². The minimum Gasteiger partial charge on any atom is -0.328 e. The molecule has 1 aromatic heterocycles. The second kappa shape index (κ2) is 9.89. The van der Waals surface area contributed by atoms with Crippen molar-refractivity contribution in [3.8, 4) is 5.69 Å². The Hall–Kier alpha value is -3.32. The zero-order valence-electron chi connectivity index (χ0n) is 19.2. The summed E-state index contributed by atoms with van der Waals surface area (Å²) in [4.78, 5) is 33.7. The molecule has 0 aliphatic rings. The molecule has 7 heteroatoms. The van der Waals surface area contributed by atoms with Crippen molar-refractivity contribution in [2.75, 3.05) is 6.54 Å². The molecule has 1 heterocycles. The van der Waals surface area contributed by atoms with Crippen LogP contribution >= 0.6 is 15.9 Å². The molecule has 0 radical (unpaired) electrons. The summed E-state index contributed by atoms with van der Waals surface area (Å²) in [5.74, 6) is 0.0588. The Morgan fingerprint density at radius 3 is 2.29 bits per heavy atom. The molecule has 0 aliphatic heterocycles. The number of amides is 1. The van der Waals surface area contributed by atoms with Crippen molar-refractivity contribution in [1.29, 1.82) is 0 Å². The maximum atomic E-state index is 13.6. The van der Waals surface area contributed by atoms with Gasteiger partial charge in [0, 0.05) is 16.6 Å². The minimum absolute atomic E-state index is 0.151. The highest BCUT2D eigenvalue weighted by molar-refractivity contribution is 9.10. The van der Waals surface area contributed by atoms with Gasteiger partial charge in [0.05, 0.1) is 22.6 Å². The molecule has 0 saturated heterocycles. The van der Waals surface area contributed by atoms with Gasteiger partial charge in [-0.05, 0) is 73.5 Å². The molecule has 1 atom stereocenters. The van der Waals surface area contributed by atoms with Crippen LogP contribution in [0.4, 0.5) is 4.39 Å². The molecule has 34 heavy (non-hydrogen) atoms. The van der Waals surface area contributed by atoms with Crippen LogP contribution in [-0.2, 0) is 0 Å². The van der Waals surface area contributed by atoms with Gasteiger partial charge < -0.3 is 4.90 Å². The standard InChI is InChI=1S/C27H25BrFN3O2/c1-17(2)16-31(26(33)19-8-10-20(28)11-9-19)18(3)25-30-24-7-5-4-6-23(24)27(34)32(25)22-14-12-21(29)13-15-22/h4-15,17-18H,16H2,1-3H3. The largest absolute Gasteiger partial charge is 0.328 e. The van der Waals surface area contributed by atoms with E-state index in [4.69, 9.17) is 4.98 Å². The van der Waals surface area contributed by atoms with Gasteiger partial charge in [0.2, 0.25) is 0 Å². The van der Waals surface area contributed by atoms with Crippen LogP contribution in [0, 0.1) is 11.7 Å². The Bertz CT molecular complexity index is 1380. The fraction of sp³-hybridized carbons (Fsp3) is 0.222. The predicted molar refractivity (Wildman–Crippen MR) is 136 cm³/mol. The third kappa shape index (κ3) is 4.80. The van der Waals surface area contributed by atoms with Crippen LogP contribution in [0.2, 0.25) is 0 Å². The number of fused-ring (bicyclic) bond motifs is 1. The zero-order chi connectivity index (χ0) is 24.4. The number of aromatic nitrogens is 2. The van der Waals surface area contributed by atoms with Gasteiger partial charge in [-0.3, -0.25) is 14.2 Å². The van der Waals surface area contributed by atoms with Gasteiger partial charge in [-0.15, -0.1) is 0 Å². The maximum Gasteiger partial charge on any atom is 0.266 e. The van der Waals surface area contributed by atoms with Crippen LogP contribution in [0.1, 0.15) is 43.0 Å². The van der Waals surface area contributed by atoms with E-state index in [2.05, 4.69) is 15.9 Å². The number of halogens is 2. The Morgan fingerprint density at radius 2 is 1.65 bits per heavy atom. The van der Waals surface area contributed by atoms with E-state index in [9.17, 15) is 14.0 Å². The summed E-state index contributed by atoms with van der Waals surface area (Å²) in [5.41, 5.74) is 1.33. The van der Waals surface area contributed by atoms with Crippen LogP contribution in [0.3, 0.4) is 0 Å². The van der Waals surface area contributed by atoms with Crippen LogP contribution in [0.25, 0.3) is 16.6 Å². The zero-order valence-corrected chi connectivity index (χ0v) is 20.8. The number of carbonyl (C=O) groups is 1. The highest BCUT2D eigenvalue weighted by atomic mass is 79.9. The first-order valence-corrected chi connectivity index (χ1v) is 11.9. The minimum atomic E-state index is -0.527. The molecule has 1 unspecified atom stereocenters. The Labute approximate surface area is 206 Å². The molecule has 0 N–H and O–H groups in total. The number of hydrogen-bond donors (Lipinski definition) is 0. The van der Waals surface area contributed by atoms with Crippen LogP contribution in [0.15, 0.2) is 82.1 Å². The van der Waals surface area contributed by atoms with Crippen molar-refractivity contribution in [2.45, 2.75) is 26.8 Å². The van der Waals surface area contributed by atoms with Crippen molar-refractivity contribution >= 4 is 32.7 Å². The van der Waals surface area contributed by atoms with Gasteiger partial charge in [-0.2, -0.15) is 0 Å². The molecule has 0 saturated carbocycles. The fourth-order valence-corrected chi connectivity index (χ4v) is 4.24. The normalized spacial score (nSPS) is 12.2. The first-order valence-electron chi connectivity index (χ1n) is 11.1. The maximum absolute atomic E-state index is 13.6.